The Morgan fingerprint density at radius 1 is 1.20 bits per heavy atom. The molecule has 2 saturated heterocycles. The van der Waals surface area contributed by atoms with Gasteiger partial charge in [0.1, 0.15) is 23.5 Å². The molecule has 5 heterocycles. The summed E-state index contributed by atoms with van der Waals surface area (Å²) in [4.78, 5) is 37.3. The second-order valence-corrected chi connectivity index (χ2v) is 8.22. The highest BCUT2D eigenvalue weighted by Gasteiger charge is 2.40. The van der Waals surface area contributed by atoms with Crippen molar-refractivity contribution >= 4 is 17.5 Å². The van der Waals surface area contributed by atoms with Crippen molar-refractivity contribution in [1.82, 2.24) is 24.8 Å². The van der Waals surface area contributed by atoms with Gasteiger partial charge < -0.3 is 14.7 Å². The predicted octanol–water partition coefficient (Wildman–Crippen LogP) is 1.59. The standard InChI is InChI=1S/C21H24N8O/c1-13-19-16(24-14(2)25-20(19)27-7-3-8-27)12-29(13)21(30)15-5-9-28(11-15)18-4-6-23-17(10-22)26-18/h4,6,13,15H,3,5,7-9,11-12H2,1-2H3/t13-,15-/m1/s1. The number of nitrogens with zero attached hydrogens (tertiary/aromatic N) is 8. The molecule has 3 aliphatic rings. The van der Waals surface area contributed by atoms with Crippen molar-refractivity contribution < 1.29 is 4.79 Å². The third kappa shape index (κ3) is 3.03. The Morgan fingerprint density at radius 3 is 2.77 bits per heavy atom. The van der Waals surface area contributed by atoms with E-state index >= 15 is 0 Å². The Kier molecular flexibility index (Phi) is 4.50. The summed E-state index contributed by atoms with van der Waals surface area (Å²) in [5, 5.41) is 9.04. The SMILES string of the molecule is Cc1nc2c(c(N3CCC3)n1)[C@@H](C)N(C(=O)[C@@H]1CCN(c3ccnc(C#N)n3)C1)C2. The molecule has 0 aromatic carbocycles. The predicted molar refractivity (Wildman–Crippen MR) is 110 cm³/mol. The fourth-order valence-electron chi connectivity index (χ4n) is 4.65. The number of fused-ring (bicyclic) bond motifs is 1. The molecule has 3 aliphatic heterocycles. The highest BCUT2D eigenvalue weighted by molar-refractivity contribution is 5.82. The number of hydrogen-bond acceptors (Lipinski definition) is 8. The molecular weight excluding hydrogens is 380 g/mol. The van der Waals surface area contributed by atoms with Crippen molar-refractivity contribution in [3.63, 3.8) is 0 Å². The topological polar surface area (TPSA) is 102 Å². The number of anilines is 2. The lowest BCUT2D eigenvalue weighted by atomic mass is 10.1. The van der Waals surface area contributed by atoms with Gasteiger partial charge in [0.05, 0.1) is 24.2 Å². The van der Waals surface area contributed by atoms with Crippen molar-refractivity contribution in [2.75, 3.05) is 36.0 Å². The summed E-state index contributed by atoms with van der Waals surface area (Å²) in [5.74, 6) is 2.69. The number of hydrogen-bond donors (Lipinski definition) is 0. The Balaban J connectivity index is 1.34. The zero-order chi connectivity index (χ0) is 20.8. The van der Waals surface area contributed by atoms with Crippen LogP contribution in [-0.2, 0) is 11.3 Å². The molecule has 5 rings (SSSR count). The van der Waals surface area contributed by atoms with Gasteiger partial charge in [-0.1, -0.05) is 0 Å². The molecule has 1 amide bonds. The molecule has 9 heteroatoms. The summed E-state index contributed by atoms with van der Waals surface area (Å²) in [7, 11) is 0. The van der Waals surface area contributed by atoms with Gasteiger partial charge in [0.2, 0.25) is 11.7 Å². The van der Waals surface area contributed by atoms with Crippen molar-refractivity contribution in [2.45, 2.75) is 39.3 Å². The molecule has 2 aromatic rings. The average molecular weight is 404 g/mol. The van der Waals surface area contributed by atoms with E-state index in [2.05, 4.69) is 31.7 Å². The first-order valence-corrected chi connectivity index (χ1v) is 10.5. The van der Waals surface area contributed by atoms with E-state index in [1.54, 1.807) is 12.3 Å². The largest absolute Gasteiger partial charge is 0.356 e. The van der Waals surface area contributed by atoms with Gasteiger partial charge in [-0.05, 0) is 32.8 Å². The minimum atomic E-state index is -0.0937. The molecule has 0 aliphatic carbocycles. The molecule has 0 spiro atoms. The van der Waals surface area contributed by atoms with Gasteiger partial charge in [0.15, 0.2) is 0 Å². The molecule has 9 nitrogen and oxygen atoms in total. The van der Waals surface area contributed by atoms with Crippen molar-refractivity contribution in [2.24, 2.45) is 5.92 Å². The van der Waals surface area contributed by atoms with Gasteiger partial charge >= 0.3 is 0 Å². The van der Waals surface area contributed by atoms with E-state index in [9.17, 15) is 4.79 Å². The summed E-state index contributed by atoms with van der Waals surface area (Å²) in [6, 6.07) is 3.74. The van der Waals surface area contributed by atoms with E-state index in [1.807, 2.05) is 17.9 Å². The quantitative estimate of drug-likeness (QED) is 0.760. The highest BCUT2D eigenvalue weighted by atomic mass is 16.2. The maximum Gasteiger partial charge on any atom is 0.234 e. The number of nitriles is 1. The number of carbonyl (C=O) groups excluding carboxylic acids is 1. The van der Waals surface area contributed by atoms with Crippen LogP contribution in [-0.4, -0.2) is 56.9 Å². The molecule has 0 N–H and O–H groups in total. The van der Waals surface area contributed by atoms with Gasteiger partial charge in [-0.15, -0.1) is 0 Å². The van der Waals surface area contributed by atoms with E-state index in [-0.39, 0.29) is 23.7 Å². The lowest BCUT2D eigenvalue weighted by Crippen LogP contribution is -2.39. The number of amides is 1. The third-order valence-electron chi connectivity index (χ3n) is 6.36. The minimum Gasteiger partial charge on any atom is -0.356 e. The van der Waals surface area contributed by atoms with Gasteiger partial charge in [0, 0.05) is 37.9 Å². The second kappa shape index (κ2) is 7.20. The summed E-state index contributed by atoms with van der Waals surface area (Å²) in [6.45, 7) is 7.93. The molecule has 2 fully saturated rings. The van der Waals surface area contributed by atoms with Gasteiger partial charge in [0.25, 0.3) is 0 Å². The van der Waals surface area contributed by atoms with Crippen LogP contribution in [0, 0.1) is 24.2 Å². The van der Waals surface area contributed by atoms with Crippen LogP contribution >= 0.6 is 0 Å². The van der Waals surface area contributed by atoms with Gasteiger partial charge in [-0.3, -0.25) is 4.79 Å². The van der Waals surface area contributed by atoms with Crippen molar-refractivity contribution in [3.05, 3.63) is 35.2 Å². The molecule has 2 atom stereocenters. The molecule has 154 valence electrons. The smallest absolute Gasteiger partial charge is 0.234 e. The Bertz CT molecular complexity index is 1040. The first-order chi connectivity index (χ1) is 14.5. The minimum absolute atomic E-state index is 0.0259. The average Bonchev–Trinajstić information content (AvgIpc) is 3.31. The van der Waals surface area contributed by atoms with E-state index in [0.717, 1.165) is 49.0 Å². The van der Waals surface area contributed by atoms with E-state index < -0.39 is 0 Å². The number of rotatable bonds is 3. The summed E-state index contributed by atoms with van der Waals surface area (Å²) < 4.78 is 0. The number of carbonyl (C=O) groups is 1. The maximum atomic E-state index is 13.4. The Labute approximate surface area is 175 Å². The first-order valence-electron chi connectivity index (χ1n) is 10.5. The highest BCUT2D eigenvalue weighted by Crippen LogP contribution is 2.40. The zero-order valence-electron chi connectivity index (χ0n) is 17.2. The van der Waals surface area contributed by atoms with Crippen LogP contribution in [0.15, 0.2) is 12.3 Å². The molecule has 0 saturated carbocycles. The molecule has 0 bridgehead atoms. The summed E-state index contributed by atoms with van der Waals surface area (Å²) in [6.07, 6.45) is 3.55. The first kappa shape index (κ1) is 18.7. The lowest BCUT2D eigenvalue weighted by Gasteiger charge is -2.34. The van der Waals surface area contributed by atoms with Crippen molar-refractivity contribution in [1.29, 1.82) is 5.26 Å². The van der Waals surface area contributed by atoms with Gasteiger partial charge in [-0.2, -0.15) is 5.26 Å². The van der Waals surface area contributed by atoms with E-state index in [1.165, 1.54) is 6.42 Å². The molecular formula is C21H24N8O. The van der Waals surface area contributed by atoms with Crippen LogP contribution in [0.4, 0.5) is 11.6 Å². The summed E-state index contributed by atoms with van der Waals surface area (Å²) in [5.41, 5.74) is 2.09. The van der Waals surface area contributed by atoms with Crippen LogP contribution in [0.3, 0.4) is 0 Å². The summed E-state index contributed by atoms with van der Waals surface area (Å²) >= 11 is 0. The Hall–Kier alpha value is -3.28. The van der Waals surface area contributed by atoms with Crippen LogP contribution < -0.4 is 9.80 Å². The van der Waals surface area contributed by atoms with Gasteiger partial charge in [-0.25, -0.2) is 19.9 Å². The molecule has 0 radical (unpaired) electrons. The monoisotopic (exact) mass is 404 g/mol. The van der Waals surface area contributed by atoms with Crippen LogP contribution in [0.5, 0.6) is 0 Å². The van der Waals surface area contributed by atoms with E-state index in [0.29, 0.717) is 18.9 Å². The molecule has 2 aromatic heterocycles. The fourth-order valence-corrected chi connectivity index (χ4v) is 4.65. The number of aryl methyl sites for hydroxylation is 1. The van der Waals surface area contributed by atoms with Crippen molar-refractivity contribution in [3.8, 4) is 6.07 Å². The second-order valence-electron chi connectivity index (χ2n) is 8.22. The maximum absolute atomic E-state index is 13.4. The molecule has 30 heavy (non-hydrogen) atoms. The normalized spacial score (nSPS) is 22.6. The third-order valence-corrected chi connectivity index (χ3v) is 6.36. The Morgan fingerprint density at radius 2 is 2.03 bits per heavy atom. The zero-order valence-corrected chi connectivity index (χ0v) is 17.2. The number of aromatic nitrogens is 4. The van der Waals surface area contributed by atoms with Crippen LogP contribution in [0.25, 0.3) is 0 Å². The van der Waals surface area contributed by atoms with Crippen LogP contribution in [0.1, 0.15) is 48.7 Å². The molecule has 0 unspecified atom stereocenters. The lowest BCUT2D eigenvalue weighted by molar-refractivity contribution is -0.137. The fraction of sp³-hybridized carbons (Fsp3) is 0.524. The van der Waals surface area contributed by atoms with Crippen LogP contribution in [0.2, 0.25) is 0 Å². The van der Waals surface area contributed by atoms with E-state index in [4.69, 9.17) is 10.2 Å².